The molecule has 23 heavy (non-hydrogen) atoms. The fourth-order valence-electron chi connectivity index (χ4n) is 2.34. The van der Waals surface area contributed by atoms with Gasteiger partial charge in [-0.15, -0.1) is 11.3 Å². The first-order chi connectivity index (χ1) is 11.1. The van der Waals surface area contributed by atoms with E-state index in [-0.39, 0.29) is 5.75 Å². The quantitative estimate of drug-likeness (QED) is 0.604. The highest BCUT2D eigenvalue weighted by Crippen LogP contribution is 2.30. The largest absolute Gasteiger partial charge is 0.507 e. The maximum absolute atomic E-state index is 9.53. The van der Waals surface area contributed by atoms with Crippen molar-refractivity contribution in [3.05, 3.63) is 50.9 Å². The molecule has 0 fully saturated rings. The Morgan fingerprint density at radius 1 is 1.26 bits per heavy atom. The number of nitrogens with zero attached hydrogens (tertiary/aromatic N) is 1. The number of thiazole rings is 1. The molecule has 0 unspecified atom stereocenters. The normalized spacial score (nSPS) is 11.4. The lowest BCUT2D eigenvalue weighted by atomic mass is 10.2. The number of hydrogen-bond acceptors (Lipinski definition) is 4. The number of fused-ring (bicyclic) bond motifs is 1. The number of phenolic OH excluding ortho intramolecular Hbond substituents is 1. The summed E-state index contributed by atoms with van der Waals surface area (Å²) < 4.78 is 1.87. The molecular weight excluding hydrogens is 372 g/mol. The lowest BCUT2D eigenvalue weighted by molar-refractivity contribution is 0.472. The van der Waals surface area contributed by atoms with Crippen molar-refractivity contribution in [2.24, 2.45) is 0 Å². The molecule has 0 aliphatic carbocycles. The third kappa shape index (κ3) is 3.57. The van der Waals surface area contributed by atoms with Crippen LogP contribution in [-0.4, -0.2) is 16.6 Å². The van der Waals surface area contributed by atoms with Crippen molar-refractivity contribution in [1.82, 2.24) is 4.98 Å². The molecule has 0 saturated heterocycles. The summed E-state index contributed by atoms with van der Waals surface area (Å²) in [6.45, 7) is 5.11. The Hall–Kier alpha value is -1.85. The second kappa shape index (κ2) is 6.72. The van der Waals surface area contributed by atoms with Crippen LogP contribution < -0.4 is 5.32 Å². The molecule has 1 aromatic heterocycles. The number of rotatable bonds is 4. The van der Waals surface area contributed by atoms with Gasteiger partial charge < -0.3 is 10.4 Å². The molecule has 3 nitrogen and oxygen atoms in total. The van der Waals surface area contributed by atoms with Crippen LogP contribution in [0.1, 0.15) is 23.1 Å². The highest BCUT2D eigenvalue weighted by atomic mass is 79.9. The van der Waals surface area contributed by atoms with E-state index in [0.717, 1.165) is 22.6 Å². The summed E-state index contributed by atoms with van der Waals surface area (Å²) >= 11 is 5.00. The number of halogens is 1. The Morgan fingerprint density at radius 3 is 2.83 bits per heavy atom. The molecule has 0 atom stereocenters. The van der Waals surface area contributed by atoms with Gasteiger partial charge in [0, 0.05) is 12.2 Å². The minimum absolute atomic E-state index is 0.244. The topological polar surface area (TPSA) is 45.1 Å². The van der Waals surface area contributed by atoms with Gasteiger partial charge in [0.25, 0.3) is 0 Å². The van der Waals surface area contributed by atoms with E-state index in [2.05, 4.69) is 52.2 Å². The summed E-state index contributed by atoms with van der Waals surface area (Å²) in [4.78, 5) is 4.67. The van der Waals surface area contributed by atoms with Crippen molar-refractivity contribution in [3.8, 4) is 5.75 Å². The summed E-state index contributed by atoms with van der Waals surface area (Å²) in [5, 5.41) is 13.9. The van der Waals surface area contributed by atoms with Crippen LogP contribution in [0.15, 0.2) is 34.8 Å². The minimum Gasteiger partial charge on any atom is -0.507 e. The molecule has 0 amide bonds. The fraction of sp³-hybridized carbons (Fsp3) is 0.167. The minimum atomic E-state index is 0.244. The average molecular weight is 389 g/mol. The van der Waals surface area contributed by atoms with E-state index in [1.807, 2.05) is 24.3 Å². The molecule has 3 rings (SSSR count). The zero-order chi connectivity index (χ0) is 16.4. The maximum Gasteiger partial charge on any atom is 0.129 e. The summed E-state index contributed by atoms with van der Waals surface area (Å²) in [5.41, 5.74) is 4.42. The summed E-state index contributed by atoms with van der Waals surface area (Å²) in [5.74, 6) is 0.244. The Labute approximate surface area is 147 Å². The highest BCUT2D eigenvalue weighted by Gasteiger charge is 2.06. The van der Waals surface area contributed by atoms with Gasteiger partial charge in [-0.1, -0.05) is 12.1 Å². The molecule has 2 aromatic carbocycles. The monoisotopic (exact) mass is 388 g/mol. The second-order valence-electron chi connectivity index (χ2n) is 5.26. The van der Waals surface area contributed by atoms with E-state index in [1.54, 1.807) is 17.4 Å². The molecule has 118 valence electrons. The van der Waals surface area contributed by atoms with E-state index >= 15 is 0 Å². The summed E-state index contributed by atoms with van der Waals surface area (Å²) in [7, 11) is 0. The Bertz CT molecular complexity index is 886. The fourth-order valence-corrected chi connectivity index (χ4v) is 3.63. The first-order valence-corrected chi connectivity index (χ1v) is 8.99. The molecular formula is C18H17BrN2OS. The van der Waals surface area contributed by atoms with Gasteiger partial charge in [-0.25, -0.2) is 4.98 Å². The SMILES string of the molecule is CCNc1cc2sc(C=Cc3ccc(O)c(Br)c3)nc2cc1C. The van der Waals surface area contributed by atoms with Crippen LogP contribution in [0, 0.1) is 6.92 Å². The van der Waals surface area contributed by atoms with E-state index in [0.29, 0.717) is 4.47 Å². The van der Waals surface area contributed by atoms with Gasteiger partial charge in [0.05, 0.1) is 14.7 Å². The van der Waals surface area contributed by atoms with Gasteiger partial charge in [0.1, 0.15) is 10.8 Å². The Balaban J connectivity index is 1.90. The average Bonchev–Trinajstić information content (AvgIpc) is 2.91. The van der Waals surface area contributed by atoms with Crippen LogP contribution in [0.25, 0.3) is 22.4 Å². The standard InChI is InChI=1S/C18H17BrN2OS/c1-3-20-14-10-17-15(8-11(14)2)21-18(23-17)7-5-12-4-6-16(22)13(19)9-12/h4-10,20,22H,3H2,1-2H3. The molecule has 0 spiro atoms. The number of nitrogens with one attached hydrogen (secondary N) is 1. The van der Waals surface area contributed by atoms with Crippen molar-refractivity contribution >= 4 is 55.3 Å². The predicted octanol–water partition coefficient (Wildman–Crippen LogP) is 5.68. The van der Waals surface area contributed by atoms with Crippen LogP contribution in [0.2, 0.25) is 0 Å². The molecule has 0 bridgehead atoms. The van der Waals surface area contributed by atoms with Crippen molar-refractivity contribution in [3.63, 3.8) is 0 Å². The molecule has 1 heterocycles. The smallest absolute Gasteiger partial charge is 0.129 e. The third-order valence-electron chi connectivity index (χ3n) is 3.51. The molecule has 0 radical (unpaired) electrons. The van der Waals surface area contributed by atoms with Gasteiger partial charge in [-0.3, -0.25) is 0 Å². The van der Waals surface area contributed by atoms with Gasteiger partial charge in [0.15, 0.2) is 0 Å². The lowest BCUT2D eigenvalue weighted by Crippen LogP contribution is -1.98. The summed E-state index contributed by atoms with van der Waals surface area (Å²) in [6.07, 6.45) is 4.01. The van der Waals surface area contributed by atoms with Crippen molar-refractivity contribution in [2.75, 3.05) is 11.9 Å². The molecule has 0 aliphatic rings. The number of benzene rings is 2. The third-order valence-corrected chi connectivity index (χ3v) is 5.13. The number of anilines is 1. The van der Waals surface area contributed by atoms with Crippen molar-refractivity contribution < 1.29 is 5.11 Å². The van der Waals surface area contributed by atoms with Gasteiger partial charge in [0.2, 0.25) is 0 Å². The van der Waals surface area contributed by atoms with E-state index in [4.69, 9.17) is 0 Å². The first-order valence-electron chi connectivity index (χ1n) is 7.38. The highest BCUT2D eigenvalue weighted by molar-refractivity contribution is 9.10. The molecule has 2 N–H and O–H groups in total. The zero-order valence-corrected chi connectivity index (χ0v) is 15.3. The van der Waals surface area contributed by atoms with E-state index < -0.39 is 0 Å². The van der Waals surface area contributed by atoms with Gasteiger partial charge in [-0.2, -0.15) is 0 Å². The van der Waals surface area contributed by atoms with E-state index in [1.165, 1.54) is 16.0 Å². The Morgan fingerprint density at radius 2 is 2.09 bits per heavy atom. The van der Waals surface area contributed by atoms with Crippen molar-refractivity contribution in [2.45, 2.75) is 13.8 Å². The van der Waals surface area contributed by atoms with Crippen LogP contribution in [-0.2, 0) is 0 Å². The second-order valence-corrected chi connectivity index (χ2v) is 7.18. The van der Waals surface area contributed by atoms with Gasteiger partial charge in [-0.05, 0) is 71.2 Å². The molecule has 5 heteroatoms. The number of aryl methyl sites for hydroxylation is 1. The van der Waals surface area contributed by atoms with Crippen LogP contribution >= 0.6 is 27.3 Å². The maximum atomic E-state index is 9.53. The lowest BCUT2D eigenvalue weighted by Gasteiger charge is -2.06. The summed E-state index contributed by atoms with van der Waals surface area (Å²) in [6, 6.07) is 9.72. The number of phenols is 1. The number of aromatic nitrogens is 1. The van der Waals surface area contributed by atoms with Gasteiger partial charge >= 0.3 is 0 Å². The van der Waals surface area contributed by atoms with Crippen LogP contribution in [0.5, 0.6) is 5.75 Å². The number of aromatic hydroxyl groups is 1. The van der Waals surface area contributed by atoms with E-state index in [9.17, 15) is 5.11 Å². The predicted molar refractivity (Wildman–Crippen MR) is 103 cm³/mol. The Kier molecular flexibility index (Phi) is 4.68. The number of hydrogen-bond donors (Lipinski definition) is 2. The van der Waals surface area contributed by atoms with Crippen LogP contribution in [0.4, 0.5) is 5.69 Å². The molecule has 3 aromatic rings. The van der Waals surface area contributed by atoms with Crippen molar-refractivity contribution in [1.29, 1.82) is 0 Å². The zero-order valence-electron chi connectivity index (χ0n) is 12.9. The molecule has 0 saturated carbocycles. The van der Waals surface area contributed by atoms with Crippen LogP contribution in [0.3, 0.4) is 0 Å². The first kappa shape index (κ1) is 16.0. The molecule has 0 aliphatic heterocycles.